The largest absolute Gasteiger partial charge is 0.493 e. The number of piperidine rings is 1. The molecule has 1 saturated heterocycles. The van der Waals surface area contributed by atoms with Gasteiger partial charge in [-0.15, -0.1) is 5.10 Å². The molecule has 0 bridgehead atoms. The fraction of sp³-hybridized carbons (Fsp3) is 0.280. The average molecular weight is 582 g/mol. The monoisotopic (exact) mass is 581 g/mol. The molecular weight excluding hydrogens is 554 g/mol. The van der Waals surface area contributed by atoms with Gasteiger partial charge in [0.05, 0.1) is 13.3 Å². The SMILES string of the molecule is COc1cc(C=NNC(=O)c2c(CN3CCCCC3)nnn2-c2nonc2N)ccc1OS(=O)(=O)c1ccccc1. The van der Waals surface area contributed by atoms with Crippen molar-refractivity contribution in [3.05, 3.63) is 65.5 Å². The molecule has 1 aliphatic heterocycles. The highest BCUT2D eigenvalue weighted by Crippen LogP contribution is 2.30. The van der Waals surface area contributed by atoms with Crippen LogP contribution in [0.25, 0.3) is 5.82 Å². The second-order valence-corrected chi connectivity index (χ2v) is 10.6. The number of carbonyl (C=O) groups excluding carboxylic acids is 1. The van der Waals surface area contributed by atoms with Crippen LogP contribution in [-0.2, 0) is 16.7 Å². The maximum absolute atomic E-state index is 13.3. The van der Waals surface area contributed by atoms with E-state index in [4.69, 9.17) is 14.7 Å². The van der Waals surface area contributed by atoms with Crippen molar-refractivity contribution < 1.29 is 26.8 Å². The number of nitrogens with one attached hydrogen (secondary N) is 1. The van der Waals surface area contributed by atoms with Gasteiger partial charge in [0, 0.05) is 6.54 Å². The lowest BCUT2D eigenvalue weighted by Gasteiger charge is -2.25. The zero-order valence-electron chi connectivity index (χ0n) is 22.0. The molecule has 0 radical (unpaired) electrons. The van der Waals surface area contributed by atoms with E-state index in [2.05, 4.69) is 40.7 Å². The van der Waals surface area contributed by atoms with Gasteiger partial charge in [0.2, 0.25) is 11.6 Å². The summed E-state index contributed by atoms with van der Waals surface area (Å²) in [5.41, 5.74) is 9.31. The van der Waals surface area contributed by atoms with E-state index in [1.54, 1.807) is 24.3 Å². The number of ether oxygens (including phenoxy) is 1. The molecule has 0 aliphatic carbocycles. The number of rotatable bonds is 10. The van der Waals surface area contributed by atoms with Gasteiger partial charge >= 0.3 is 10.1 Å². The van der Waals surface area contributed by atoms with Gasteiger partial charge in [0.25, 0.3) is 5.91 Å². The highest BCUT2D eigenvalue weighted by molar-refractivity contribution is 7.87. The number of carbonyl (C=O) groups is 1. The number of hydrogen-bond acceptors (Lipinski definition) is 13. The Bertz CT molecular complexity index is 1650. The summed E-state index contributed by atoms with van der Waals surface area (Å²) in [6.45, 7) is 2.17. The minimum Gasteiger partial charge on any atom is -0.493 e. The van der Waals surface area contributed by atoms with Crippen molar-refractivity contribution in [3.63, 3.8) is 0 Å². The third-order valence-corrected chi connectivity index (χ3v) is 7.52. The number of amides is 1. The molecule has 15 nitrogen and oxygen atoms in total. The first-order valence-electron chi connectivity index (χ1n) is 12.6. The molecule has 4 aromatic rings. The first-order valence-corrected chi connectivity index (χ1v) is 14.0. The highest BCUT2D eigenvalue weighted by Gasteiger charge is 2.26. The van der Waals surface area contributed by atoms with Crippen LogP contribution < -0.4 is 20.1 Å². The van der Waals surface area contributed by atoms with Crippen LogP contribution >= 0.6 is 0 Å². The van der Waals surface area contributed by atoms with Crippen molar-refractivity contribution in [1.29, 1.82) is 0 Å². The second kappa shape index (κ2) is 12.1. The molecule has 214 valence electrons. The number of anilines is 1. The van der Waals surface area contributed by atoms with E-state index >= 15 is 0 Å². The van der Waals surface area contributed by atoms with E-state index in [-0.39, 0.29) is 33.7 Å². The number of hydrogen-bond donors (Lipinski definition) is 2. The van der Waals surface area contributed by atoms with Gasteiger partial charge in [-0.1, -0.05) is 29.8 Å². The maximum atomic E-state index is 13.3. The standard InChI is InChI=1S/C25H27N9O6S/c1-38-21-14-17(10-11-20(21)39-41(36,37)18-8-4-2-5-9-18)15-27-29-25(35)22-19(16-33-12-6-3-7-13-33)28-32-34(22)24-23(26)30-40-31-24/h2,4-5,8-11,14-15H,3,6-7,12-13,16H2,1H3,(H2,26,30)(H,29,35). The fourth-order valence-corrected chi connectivity index (χ4v) is 5.23. The Labute approximate surface area is 235 Å². The fourth-order valence-electron chi connectivity index (χ4n) is 4.27. The van der Waals surface area contributed by atoms with Crippen molar-refractivity contribution in [2.75, 3.05) is 25.9 Å². The Morgan fingerprint density at radius 1 is 1.12 bits per heavy atom. The van der Waals surface area contributed by atoms with Crippen LogP contribution in [0.3, 0.4) is 0 Å². The summed E-state index contributed by atoms with van der Waals surface area (Å²) < 4.78 is 41.7. The number of nitrogen functional groups attached to an aromatic ring is 1. The zero-order chi connectivity index (χ0) is 28.8. The molecule has 1 aliphatic rings. The molecule has 5 rings (SSSR count). The maximum Gasteiger partial charge on any atom is 0.339 e. The Kier molecular flexibility index (Phi) is 8.21. The predicted octanol–water partition coefficient (Wildman–Crippen LogP) is 1.76. The van der Waals surface area contributed by atoms with E-state index in [0.29, 0.717) is 17.8 Å². The molecule has 0 saturated carbocycles. The Morgan fingerprint density at radius 2 is 1.90 bits per heavy atom. The normalized spacial score (nSPS) is 14.3. The topological polar surface area (TPSA) is 193 Å². The summed E-state index contributed by atoms with van der Waals surface area (Å²) in [5.74, 6) is -0.488. The summed E-state index contributed by atoms with van der Waals surface area (Å²) in [4.78, 5) is 15.5. The first-order chi connectivity index (χ1) is 19.9. The van der Waals surface area contributed by atoms with E-state index in [1.165, 1.54) is 37.6 Å². The third kappa shape index (κ3) is 6.33. The van der Waals surface area contributed by atoms with Crippen LogP contribution in [0.4, 0.5) is 5.82 Å². The van der Waals surface area contributed by atoms with E-state index < -0.39 is 16.0 Å². The average Bonchev–Trinajstić information content (AvgIpc) is 3.60. The van der Waals surface area contributed by atoms with E-state index in [1.807, 2.05) is 0 Å². The molecule has 3 heterocycles. The number of hydrazone groups is 1. The quantitative estimate of drug-likeness (QED) is 0.157. The predicted molar refractivity (Wildman–Crippen MR) is 145 cm³/mol. The molecule has 3 N–H and O–H groups in total. The van der Waals surface area contributed by atoms with Crippen LogP contribution in [0.2, 0.25) is 0 Å². The Morgan fingerprint density at radius 3 is 2.61 bits per heavy atom. The zero-order valence-corrected chi connectivity index (χ0v) is 22.8. The van der Waals surface area contributed by atoms with Crippen LogP contribution in [0.1, 0.15) is 41.0 Å². The minimum atomic E-state index is -4.07. The lowest BCUT2D eigenvalue weighted by atomic mass is 10.1. The molecule has 1 amide bonds. The summed E-state index contributed by atoms with van der Waals surface area (Å²) in [7, 11) is -2.69. The Balaban J connectivity index is 1.33. The van der Waals surface area contributed by atoms with Crippen molar-refractivity contribution in [2.45, 2.75) is 30.7 Å². The summed E-state index contributed by atoms with van der Waals surface area (Å²) in [6, 6.07) is 12.3. The number of likely N-dealkylation sites (tertiary alicyclic amines) is 1. The van der Waals surface area contributed by atoms with Crippen molar-refractivity contribution >= 4 is 28.1 Å². The van der Waals surface area contributed by atoms with E-state index in [9.17, 15) is 13.2 Å². The van der Waals surface area contributed by atoms with Crippen molar-refractivity contribution in [1.82, 2.24) is 35.6 Å². The number of nitrogens with zero attached hydrogens (tertiary/aromatic N) is 7. The molecule has 2 aromatic carbocycles. The van der Waals surface area contributed by atoms with Crippen LogP contribution in [0.5, 0.6) is 11.5 Å². The lowest BCUT2D eigenvalue weighted by molar-refractivity contribution is 0.0944. The molecule has 16 heteroatoms. The van der Waals surface area contributed by atoms with Gasteiger partial charge in [-0.2, -0.15) is 18.2 Å². The smallest absolute Gasteiger partial charge is 0.339 e. The van der Waals surface area contributed by atoms with Crippen molar-refractivity contribution in [2.24, 2.45) is 5.10 Å². The highest BCUT2D eigenvalue weighted by atomic mass is 32.2. The molecule has 0 spiro atoms. The Hall–Kier alpha value is -4.83. The molecule has 0 unspecified atom stereocenters. The number of aromatic nitrogens is 5. The molecule has 2 aromatic heterocycles. The third-order valence-electron chi connectivity index (χ3n) is 6.27. The van der Waals surface area contributed by atoms with Crippen molar-refractivity contribution in [3.8, 4) is 17.3 Å². The molecule has 1 fully saturated rings. The van der Waals surface area contributed by atoms with Gasteiger partial charge in [-0.25, -0.2) is 10.1 Å². The number of nitrogens with two attached hydrogens (primary N) is 1. The minimum absolute atomic E-state index is 0.00585. The molecule has 0 atom stereocenters. The number of benzene rings is 2. The van der Waals surface area contributed by atoms with Gasteiger partial charge < -0.3 is 14.7 Å². The lowest BCUT2D eigenvalue weighted by Crippen LogP contribution is -2.31. The molecular formula is C25H27N9O6S. The first kappa shape index (κ1) is 27.7. The summed E-state index contributed by atoms with van der Waals surface area (Å²) in [5, 5.41) is 19.6. The second-order valence-electron chi connectivity index (χ2n) is 9.07. The van der Waals surface area contributed by atoms with Gasteiger partial charge in [0.1, 0.15) is 10.6 Å². The van der Waals surface area contributed by atoms with Crippen LogP contribution in [-0.4, -0.2) is 70.9 Å². The van der Waals surface area contributed by atoms with Gasteiger partial charge in [-0.05, 0) is 72.1 Å². The number of methoxy groups -OCH3 is 1. The summed E-state index contributed by atoms with van der Waals surface area (Å²) in [6.07, 6.45) is 4.64. The van der Waals surface area contributed by atoms with Gasteiger partial charge in [0.15, 0.2) is 17.2 Å². The van der Waals surface area contributed by atoms with Crippen LogP contribution in [0.15, 0.2) is 63.2 Å². The summed E-state index contributed by atoms with van der Waals surface area (Å²) >= 11 is 0. The van der Waals surface area contributed by atoms with E-state index in [0.717, 1.165) is 37.0 Å². The van der Waals surface area contributed by atoms with Gasteiger partial charge in [-0.3, -0.25) is 9.69 Å². The molecule has 41 heavy (non-hydrogen) atoms. The van der Waals surface area contributed by atoms with Crippen LogP contribution in [0, 0.1) is 0 Å².